The Hall–Kier alpha value is -2.82. The number of nitrogens with zero attached hydrogens (tertiary/aromatic N) is 1. The van der Waals surface area contributed by atoms with Crippen LogP contribution < -0.4 is 15.0 Å². The van der Waals surface area contributed by atoms with Crippen LogP contribution in [0.5, 0.6) is 5.75 Å². The smallest absolute Gasteiger partial charge is 0.227 e. The summed E-state index contributed by atoms with van der Waals surface area (Å²) in [6.45, 7) is 3.07. The maximum absolute atomic E-state index is 12.4. The molecule has 0 spiro atoms. The number of hydrogen-bond acceptors (Lipinski definition) is 3. The predicted octanol–water partition coefficient (Wildman–Crippen LogP) is 2.72. The minimum Gasteiger partial charge on any atom is -0.497 e. The molecule has 2 amide bonds. The lowest BCUT2D eigenvalue weighted by molar-refractivity contribution is -0.126. The number of aryl methyl sites for hydroxylation is 1. The van der Waals surface area contributed by atoms with E-state index in [2.05, 4.69) is 24.4 Å². The molecule has 1 aliphatic rings. The van der Waals surface area contributed by atoms with Crippen LogP contribution >= 0.6 is 0 Å². The second-order valence-corrected chi connectivity index (χ2v) is 6.57. The zero-order chi connectivity index (χ0) is 18.5. The number of benzene rings is 2. The third-order valence-electron chi connectivity index (χ3n) is 4.83. The molecule has 1 saturated heterocycles. The van der Waals surface area contributed by atoms with Gasteiger partial charge in [-0.25, -0.2) is 0 Å². The number of amides is 2. The van der Waals surface area contributed by atoms with E-state index in [9.17, 15) is 9.59 Å². The van der Waals surface area contributed by atoms with Gasteiger partial charge in [-0.3, -0.25) is 9.59 Å². The minimum atomic E-state index is -0.304. The van der Waals surface area contributed by atoms with Crippen LogP contribution in [0.25, 0.3) is 0 Å². The first kappa shape index (κ1) is 18.0. The van der Waals surface area contributed by atoms with Crippen molar-refractivity contribution in [2.24, 2.45) is 5.92 Å². The van der Waals surface area contributed by atoms with Crippen molar-refractivity contribution in [2.75, 3.05) is 25.1 Å². The zero-order valence-corrected chi connectivity index (χ0v) is 15.2. The van der Waals surface area contributed by atoms with Crippen LogP contribution in [0.1, 0.15) is 17.5 Å². The molecule has 0 radical (unpaired) electrons. The Bertz CT molecular complexity index is 786. The molecule has 26 heavy (non-hydrogen) atoms. The second kappa shape index (κ2) is 8.04. The van der Waals surface area contributed by atoms with Crippen molar-refractivity contribution < 1.29 is 14.3 Å². The van der Waals surface area contributed by atoms with Crippen molar-refractivity contribution in [1.29, 1.82) is 0 Å². The van der Waals surface area contributed by atoms with E-state index in [1.165, 1.54) is 11.1 Å². The third kappa shape index (κ3) is 4.04. The summed E-state index contributed by atoms with van der Waals surface area (Å²) in [7, 11) is 1.60. The van der Waals surface area contributed by atoms with Crippen LogP contribution in [0.3, 0.4) is 0 Å². The van der Waals surface area contributed by atoms with Gasteiger partial charge in [-0.1, -0.05) is 24.3 Å². The number of anilines is 1. The molecular weight excluding hydrogens is 328 g/mol. The molecule has 1 atom stereocenters. The average Bonchev–Trinajstić information content (AvgIpc) is 3.05. The summed E-state index contributed by atoms with van der Waals surface area (Å²) in [5.74, 6) is 0.365. The molecule has 0 bridgehead atoms. The molecule has 0 aromatic heterocycles. The van der Waals surface area contributed by atoms with Gasteiger partial charge in [-0.2, -0.15) is 0 Å². The van der Waals surface area contributed by atoms with Crippen LogP contribution in [0.2, 0.25) is 0 Å². The Labute approximate surface area is 154 Å². The highest BCUT2D eigenvalue weighted by molar-refractivity contribution is 6.00. The average molecular weight is 352 g/mol. The fraction of sp³-hybridized carbons (Fsp3) is 0.333. The molecule has 2 aromatic carbocycles. The van der Waals surface area contributed by atoms with Crippen molar-refractivity contribution in [2.45, 2.75) is 19.8 Å². The van der Waals surface area contributed by atoms with Gasteiger partial charge in [0.2, 0.25) is 11.8 Å². The molecule has 0 saturated carbocycles. The Kier molecular flexibility index (Phi) is 5.56. The van der Waals surface area contributed by atoms with Crippen LogP contribution in [0.15, 0.2) is 48.5 Å². The topological polar surface area (TPSA) is 58.6 Å². The van der Waals surface area contributed by atoms with E-state index >= 15 is 0 Å². The van der Waals surface area contributed by atoms with Gasteiger partial charge in [0, 0.05) is 25.2 Å². The minimum absolute atomic E-state index is 0.0192. The molecule has 1 unspecified atom stereocenters. The fourth-order valence-corrected chi connectivity index (χ4v) is 3.25. The summed E-state index contributed by atoms with van der Waals surface area (Å²) in [6, 6.07) is 15.5. The number of hydrogen-bond donors (Lipinski definition) is 1. The SMILES string of the molecule is COc1ccc(N2CC(C(=O)NCCc3ccccc3C)CC2=O)cc1. The standard InChI is InChI=1S/C21H24N2O3/c1-15-5-3-4-6-16(15)11-12-22-21(25)17-13-20(24)23(14-17)18-7-9-19(26-2)10-8-18/h3-10,17H,11-14H2,1-2H3,(H,22,25). The second-order valence-electron chi connectivity index (χ2n) is 6.57. The number of rotatable bonds is 6. The first-order valence-corrected chi connectivity index (χ1v) is 8.85. The van der Waals surface area contributed by atoms with Gasteiger partial charge in [-0.15, -0.1) is 0 Å². The molecule has 0 aliphatic carbocycles. The molecule has 2 aromatic rings. The van der Waals surface area contributed by atoms with Crippen molar-refractivity contribution >= 4 is 17.5 Å². The van der Waals surface area contributed by atoms with Crippen molar-refractivity contribution in [3.63, 3.8) is 0 Å². The maximum Gasteiger partial charge on any atom is 0.227 e. The number of methoxy groups -OCH3 is 1. The Morgan fingerprint density at radius 1 is 1.19 bits per heavy atom. The van der Waals surface area contributed by atoms with E-state index < -0.39 is 0 Å². The number of carbonyl (C=O) groups excluding carboxylic acids is 2. The number of carbonyl (C=O) groups is 2. The van der Waals surface area contributed by atoms with Crippen molar-refractivity contribution in [3.05, 3.63) is 59.7 Å². The highest BCUT2D eigenvalue weighted by atomic mass is 16.5. The third-order valence-corrected chi connectivity index (χ3v) is 4.83. The van der Waals surface area contributed by atoms with E-state index in [1.54, 1.807) is 12.0 Å². The van der Waals surface area contributed by atoms with E-state index in [4.69, 9.17) is 4.74 Å². The van der Waals surface area contributed by atoms with E-state index in [0.717, 1.165) is 17.9 Å². The lowest BCUT2D eigenvalue weighted by atomic mass is 10.1. The molecule has 1 N–H and O–H groups in total. The Balaban J connectivity index is 1.54. The summed E-state index contributed by atoms with van der Waals surface area (Å²) in [4.78, 5) is 26.4. The molecule has 5 heteroatoms. The highest BCUT2D eigenvalue weighted by Gasteiger charge is 2.34. The lowest BCUT2D eigenvalue weighted by Gasteiger charge is -2.17. The van der Waals surface area contributed by atoms with Gasteiger partial charge in [0.25, 0.3) is 0 Å². The van der Waals surface area contributed by atoms with Crippen molar-refractivity contribution in [1.82, 2.24) is 5.32 Å². The normalized spacial score (nSPS) is 16.6. The summed E-state index contributed by atoms with van der Waals surface area (Å²) >= 11 is 0. The lowest BCUT2D eigenvalue weighted by Crippen LogP contribution is -2.34. The molecule has 1 fully saturated rings. The summed E-state index contributed by atoms with van der Waals surface area (Å²) in [6.07, 6.45) is 1.05. The van der Waals surface area contributed by atoms with E-state index in [1.807, 2.05) is 36.4 Å². The maximum atomic E-state index is 12.4. The molecule has 3 rings (SSSR count). The molecule has 136 valence electrons. The fourth-order valence-electron chi connectivity index (χ4n) is 3.25. The van der Waals surface area contributed by atoms with Gasteiger partial charge in [0.15, 0.2) is 0 Å². The monoisotopic (exact) mass is 352 g/mol. The molecule has 1 aliphatic heterocycles. The highest BCUT2D eigenvalue weighted by Crippen LogP contribution is 2.26. The van der Waals surface area contributed by atoms with Crippen LogP contribution in [-0.4, -0.2) is 32.0 Å². The van der Waals surface area contributed by atoms with Gasteiger partial charge < -0.3 is 15.0 Å². The van der Waals surface area contributed by atoms with Gasteiger partial charge in [0.05, 0.1) is 13.0 Å². The summed E-state index contributed by atoms with van der Waals surface area (Å²) in [5, 5.41) is 2.97. The molecular formula is C21H24N2O3. The first-order valence-electron chi connectivity index (χ1n) is 8.85. The van der Waals surface area contributed by atoms with Crippen LogP contribution in [-0.2, 0) is 16.0 Å². The van der Waals surface area contributed by atoms with Gasteiger partial charge in [0.1, 0.15) is 5.75 Å². The van der Waals surface area contributed by atoms with E-state index in [0.29, 0.717) is 13.1 Å². The zero-order valence-electron chi connectivity index (χ0n) is 15.2. The van der Waals surface area contributed by atoms with Gasteiger partial charge >= 0.3 is 0 Å². The molecule has 5 nitrogen and oxygen atoms in total. The Morgan fingerprint density at radius 3 is 2.62 bits per heavy atom. The Morgan fingerprint density at radius 2 is 1.92 bits per heavy atom. The number of nitrogens with one attached hydrogen (secondary N) is 1. The first-order chi connectivity index (χ1) is 12.6. The predicted molar refractivity (Wildman–Crippen MR) is 101 cm³/mol. The quantitative estimate of drug-likeness (QED) is 0.870. The number of ether oxygens (including phenoxy) is 1. The molecule has 1 heterocycles. The summed E-state index contributed by atoms with van der Waals surface area (Å²) in [5.41, 5.74) is 3.25. The van der Waals surface area contributed by atoms with Crippen molar-refractivity contribution in [3.8, 4) is 5.75 Å². The van der Waals surface area contributed by atoms with E-state index in [-0.39, 0.29) is 24.2 Å². The summed E-state index contributed by atoms with van der Waals surface area (Å²) < 4.78 is 5.14. The van der Waals surface area contributed by atoms with Crippen LogP contribution in [0.4, 0.5) is 5.69 Å². The van der Waals surface area contributed by atoms with Gasteiger partial charge in [-0.05, 0) is 48.7 Å². The van der Waals surface area contributed by atoms with Crippen LogP contribution in [0, 0.1) is 12.8 Å². The largest absolute Gasteiger partial charge is 0.497 e.